The summed E-state index contributed by atoms with van der Waals surface area (Å²) in [6, 6.07) is 2.06. The molecule has 1 aliphatic rings. The van der Waals surface area contributed by atoms with Crippen molar-refractivity contribution in [1.82, 2.24) is 4.90 Å². The molecule has 0 spiro atoms. The Morgan fingerprint density at radius 1 is 1.69 bits per heavy atom. The first-order valence-corrected chi connectivity index (χ1v) is 6.98. The summed E-state index contributed by atoms with van der Waals surface area (Å²) in [5, 5.41) is 10.8. The number of aliphatic carboxylic acids is 1. The molecule has 3 nitrogen and oxygen atoms in total. The Hall–Kier alpha value is -0.390. The highest BCUT2D eigenvalue weighted by molar-refractivity contribution is 9.10. The minimum Gasteiger partial charge on any atom is -0.481 e. The minimum absolute atomic E-state index is 0.308. The fourth-order valence-electron chi connectivity index (χ4n) is 2.11. The second-order valence-electron chi connectivity index (χ2n) is 4.18. The Bertz CT molecular complexity index is 380. The Morgan fingerprint density at radius 2 is 2.50 bits per heavy atom. The van der Waals surface area contributed by atoms with Gasteiger partial charge in [0.1, 0.15) is 0 Å². The fourth-order valence-corrected chi connectivity index (χ4v) is 3.63. The number of thiophene rings is 1. The maximum Gasteiger partial charge on any atom is 0.303 e. The van der Waals surface area contributed by atoms with Crippen LogP contribution in [0.4, 0.5) is 0 Å². The number of hydrogen-bond acceptors (Lipinski definition) is 3. The van der Waals surface area contributed by atoms with Crippen LogP contribution in [0.3, 0.4) is 0 Å². The van der Waals surface area contributed by atoms with E-state index in [-0.39, 0.29) is 0 Å². The van der Waals surface area contributed by atoms with E-state index in [4.69, 9.17) is 5.11 Å². The van der Waals surface area contributed by atoms with Gasteiger partial charge in [0.25, 0.3) is 0 Å². The highest BCUT2D eigenvalue weighted by Crippen LogP contribution is 2.27. The smallest absolute Gasteiger partial charge is 0.303 e. The summed E-state index contributed by atoms with van der Waals surface area (Å²) in [5.74, 6) is -0.347. The van der Waals surface area contributed by atoms with E-state index >= 15 is 0 Å². The van der Waals surface area contributed by atoms with E-state index in [1.54, 1.807) is 11.3 Å². The normalized spacial score (nSPS) is 21.4. The van der Waals surface area contributed by atoms with Gasteiger partial charge in [-0.05, 0) is 46.3 Å². The van der Waals surface area contributed by atoms with Crippen LogP contribution in [-0.4, -0.2) is 29.1 Å². The van der Waals surface area contributed by atoms with E-state index in [1.165, 1.54) is 9.35 Å². The third-order valence-corrected chi connectivity index (χ3v) is 4.80. The van der Waals surface area contributed by atoms with Crippen molar-refractivity contribution >= 4 is 33.2 Å². The molecule has 2 rings (SSSR count). The molecule has 5 heteroatoms. The topological polar surface area (TPSA) is 40.5 Å². The second-order valence-corrected chi connectivity index (χ2v) is 6.03. The number of likely N-dealkylation sites (tertiary alicyclic amines) is 1. The molecule has 88 valence electrons. The molecule has 0 aliphatic carbocycles. The van der Waals surface area contributed by atoms with Crippen LogP contribution in [0.2, 0.25) is 0 Å². The van der Waals surface area contributed by atoms with Gasteiger partial charge in [-0.25, -0.2) is 0 Å². The van der Waals surface area contributed by atoms with E-state index in [0.717, 1.165) is 26.1 Å². The van der Waals surface area contributed by atoms with Crippen LogP contribution in [0.15, 0.2) is 15.9 Å². The van der Waals surface area contributed by atoms with E-state index in [1.807, 2.05) is 0 Å². The highest BCUT2D eigenvalue weighted by atomic mass is 79.9. The lowest BCUT2D eigenvalue weighted by Gasteiger charge is -2.14. The Kier molecular flexibility index (Phi) is 4.00. The van der Waals surface area contributed by atoms with Crippen LogP contribution in [0, 0.1) is 5.92 Å². The quantitative estimate of drug-likeness (QED) is 0.930. The Labute approximate surface area is 107 Å². The summed E-state index contributed by atoms with van der Waals surface area (Å²) in [7, 11) is 0. The largest absolute Gasteiger partial charge is 0.481 e. The molecule has 0 aromatic carbocycles. The van der Waals surface area contributed by atoms with Gasteiger partial charge in [-0.1, -0.05) is 0 Å². The maximum atomic E-state index is 10.6. The van der Waals surface area contributed by atoms with Gasteiger partial charge < -0.3 is 5.11 Å². The van der Waals surface area contributed by atoms with Gasteiger partial charge in [0, 0.05) is 28.9 Å². The van der Waals surface area contributed by atoms with Crippen molar-refractivity contribution in [3.63, 3.8) is 0 Å². The third-order valence-electron chi connectivity index (χ3n) is 2.89. The lowest BCUT2D eigenvalue weighted by Crippen LogP contribution is -2.20. The Balaban J connectivity index is 1.85. The standard InChI is InChI=1S/C11H14BrNO2S/c12-9-2-4-16-10(9)7-13-3-1-8(6-13)5-11(14)15/h2,4,8H,1,3,5-7H2,(H,14,15). The molecule has 1 fully saturated rings. The average molecular weight is 304 g/mol. The van der Waals surface area contributed by atoms with Gasteiger partial charge in [0.15, 0.2) is 0 Å². The summed E-state index contributed by atoms with van der Waals surface area (Å²) < 4.78 is 1.17. The molecule has 0 saturated carbocycles. The van der Waals surface area contributed by atoms with Crippen LogP contribution in [-0.2, 0) is 11.3 Å². The van der Waals surface area contributed by atoms with Crippen molar-refractivity contribution < 1.29 is 9.90 Å². The molecule has 1 aromatic heterocycles. The number of halogens is 1. The zero-order valence-electron chi connectivity index (χ0n) is 8.86. The molecule has 1 N–H and O–H groups in total. The predicted octanol–water partition coefficient (Wildman–Crippen LogP) is 2.81. The van der Waals surface area contributed by atoms with Gasteiger partial charge in [0.05, 0.1) is 0 Å². The van der Waals surface area contributed by atoms with Crippen molar-refractivity contribution in [3.8, 4) is 0 Å². The highest BCUT2D eigenvalue weighted by Gasteiger charge is 2.24. The first kappa shape index (κ1) is 12.1. The second kappa shape index (κ2) is 5.29. The van der Waals surface area contributed by atoms with Crippen LogP contribution in [0.25, 0.3) is 0 Å². The molecule has 16 heavy (non-hydrogen) atoms. The molecule has 2 heterocycles. The molecule has 1 aliphatic heterocycles. The number of carboxylic acids is 1. The summed E-state index contributed by atoms with van der Waals surface area (Å²) in [4.78, 5) is 14.3. The van der Waals surface area contributed by atoms with Crippen molar-refractivity contribution in [2.75, 3.05) is 13.1 Å². The van der Waals surface area contributed by atoms with Crippen molar-refractivity contribution in [2.45, 2.75) is 19.4 Å². The van der Waals surface area contributed by atoms with Crippen molar-refractivity contribution in [1.29, 1.82) is 0 Å². The van der Waals surface area contributed by atoms with Crippen LogP contribution in [0.1, 0.15) is 17.7 Å². The molecular weight excluding hydrogens is 290 g/mol. The Morgan fingerprint density at radius 3 is 3.12 bits per heavy atom. The molecule has 0 radical (unpaired) electrons. The predicted molar refractivity (Wildman–Crippen MR) is 67.7 cm³/mol. The molecule has 1 unspecified atom stereocenters. The van der Waals surface area contributed by atoms with Gasteiger partial charge in [0.2, 0.25) is 0 Å². The van der Waals surface area contributed by atoms with Crippen LogP contribution >= 0.6 is 27.3 Å². The van der Waals surface area contributed by atoms with E-state index < -0.39 is 5.97 Å². The number of carboxylic acid groups (broad SMARTS) is 1. The summed E-state index contributed by atoms with van der Waals surface area (Å²) >= 11 is 5.27. The zero-order valence-corrected chi connectivity index (χ0v) is 11.3. The molecule has 1 atom stereocenters. The first-order valence-electron chi connectivity index (χ1n) is 5.31. The lowest BCUT2D eigenvalue weighted by molar-refractivity contribution is -0.138. The summed E-state index contributed by atoms with van der Waals surface area (Å²) in [6.45, 7) is 2.87. The minimum atomic E-state index is -0.677. The van der Waals surface area contributed by atoms with E-state index in [2.05, 4.69) is 32.3 Å². The number of nitrogens with zero attached hydrogens (tertiary/aromatic N) is 1. The average Bonchev–Trinajstić information content (AvgIpc) is 2.77. The van der Waals surface area contributed by atoms with Crippen LogP contribution in [0.5, 0.6) is 0 Å². The van der Waals surface area contributed by atoms with Gasteiger partial charge in [-0.3, -0.25) is 9.69 Å². The van der Waals surface area contributed by atoms with Gasteiger partial charge in [-0.15, -0.1) is 11.3 Å². The summed E-state index contributed by atoms with van der Waals surface area (Å²) in [6.07, 6.45) is 1.32. The number of hydrogen-bond donors (Lipinski definition) is 1. The number of rotatable bonds is 4. The molecule has 0 bridgehead atoms. The SMILES string of the molecule is O=C(O)CC1CCN(Cc2sccc2Br)C1. The van der Waals surface area contributed by atoms with Crippen molar-refractivity contribution in [3.05, 3.63) is 20.8 Å². The monoisotopic (exact) mass is 303 g/mol. The van der Waals surface area contributed by atoms with Gasteiger partial charge >= 0.3 is 5.97 Å². The lowest BCUT2D eigenvalue weighted by atomic mass is 10.1. The summed E-state index contributed by atoms with van der Waals surface area (Å²) in [5.41, 5.74) is 0. The maximum absolute atomic E-state index is 10.6. The van der Waals surface area contributed by atoms with Crippen molar-refractivity contribution in [2.24, 2.45) is 5.92 Å². The molecular formula is C11H14BrNO2S. The van der Waals surface area contributed by atoms with Gasteiger partial charge in [-0.2, -0.15) is 0 Å². The van der Waals surface area contributed by atoms with E-state index in [0.29, 0.717) is 12.3 Å². The van der Waals surface area contributed by atoms with Crippen LogP contribution < -0.4 is 0 Å². The van der Waals surface area contributed by atoms with E-state index in [9.17, 15) is 4.79 Å². The first-order chi connectivity index (χ1) is 7.65. The zero-order chi connectivity index (χ0) is 11.5. The number of carbonyl (C=O) groups is 1. The fraction of sp³-hybridized carbons (Fsp3) is 0.545. The molecule has 1 saturated heterocycles. The molecule has 0 amide bonds. The molecule has 1 aromatic rings. The third kappa shape index (κ3) is 3.06.